The molecular weight excluding hydrogens is 1040 g/mol. The number of thiophene rings is 2. The van der Waals surface area contributed by atoms with E-state index in [2.05, 4.69) is 44.0 Å². The minimum absolute atomic E-state index is 0.0956. The SMILES string of the molecule is BrCc1ccc(CBr)s1.COc1c(C(C)=O)c(O)c(OC)c2occc12.COc1c(C(C)=O)c(OCc2ccc(COc3c(C(C)=O)c(OC)c4ccoc4c3OC)s2)c(OC)c2occc12. The Bertz CT molecular complexity index is 2900. The van der Waals surface area contributed by atoms with Crippen LogP contribution in [0.3, 0.4) is 0 Å². The number of carbonyl (C=O) groups is 3. The third kappa shape index (κ3) is 10.2. The Labute approximate surface area is 409 Å². The molecule has 0 spiro atoms. The van der Waals surface area contributed by atoms with Crippen LogP contribution in [0.15, 0.2) is 74.5 Å². The Morgan fingerprint density at radius 1 is 0.463 bits per heavy atom. The molecule has 15 nitrogen and oxygen atoms in total. The Hall–Kier alpha value is -6.15. The zero-order chi connectivity index (χ0) is 48.5. The molecule has 0 fully saturated rings. The zero-order valence-corrected chi connectivity index (χ0v) is 42.6. The lowest BCUT2D eigenvalue weighted by atomic mass is 10.0. The van der Waals surface area contributed by atoms with E-state index in [1.54, 1.807) is 18.2 Å². The van der Waals surface area contributed by atoms with Gasteiger partial charge >= 0.3 is 0 Å². The van der Waals surface area contributed by atoms with Crippen LogP contribution in [0, 0.1) is 0 Å². The maximum atomic E-state index is 12.6. The van der Waals surface area contributed by atoms with Crippen molar-refractivity contribution in [1.29, 1.82) is 0 Å². The van der Waals surface area contributed by atoms with Gasteiger partial charge in [0.25, 0.3) is 0 Å². The molecule has 0 radical (unpaired) electrons. The standard InChI is InChI=1S/C30H28O10S.C12H12O5.C6H6Br2S/c1-15(31)21-23(33-3)19-9-11-37-25(19)29(35-5)27(21)39-13-17-7-8-18(41-17)14-40-28-22(16(2)32)24(34-4)20-10-12-38-26(20)30(28)36-6;1-6(13)8-9(14)12(16-3)11-7(4-5-17-11)10(8)15-2;7-3-5-1-2-6(4-8)9-5/h7-12H,13-14H2,1-6H3;4-5,14H,1-3H3;1-2H,3-4H2. The molecule has 0 aliphatic rings. The van der Waals surface area contributed by atoms with Crippen LogP contribution in [-0.4, -0.2) is 65.1 Å². The maximum absolute atomic E-state index is 12.6. The average molecular weight is 1090 g/mol. The van der Waals surface area contributed by atoms with Crippen LogP contribution in [0.5, 0.6) is 51.7 Å². The number of aromatic hydroxyl groups is 1. The molecule has 0 bridgehead atoms. The third-order valence-corrected chi connectivity index (χ3v) is 14.1. The van der Waals surface area contributed by atoms with E-state index in [1.807, 2.05) is 23.5 Å². The number of alkyl halides is 2. The van der Waals surface area contributed by atoms with Gasteiger partial charge in [0.15, 0.2) is 51.3 Å². The van der Waals surface area contributed by atoms with E-state index in [4.69, 9.17) is 51.1 Å². The highest BCUT2D eigenvalue weighted by atomic mass is 79.9. The Kier molecular flexibility index (Phi) is 16.9. The average Bonchev–Trinajstić information content (AvgIpc) is 4.19. The number of ketones is 3. The van der Waals surface area contributed by atoms with Crippen molar-refractivity contribution < 1.29 is 70.6 Å². The van der Waals surface area contributed by atoms with E-state index >= 15 is 0 Å². The largest absolute Gasteiger partial charge is 0.504 e. The van der Waals surface area contributed by atoms with Gasteiger partial charge in [-0.05, 0) is 63.2 Å². The van der Waals surface area contributed by atoms with E-state index in [1.165, 1.54) is 103 Å². The number of furan rings is 3. The van der Waals surface area contributed by atoms with E-state index in [-0.39, 0.29) is 70.3 Å². The molecule has 0 aliphatic carbocycles. The number of methoxy groups -OCH3 is 6. The molecule has 0 aliphatic heterocycles. The molecule has 0 amide bonds. The zero-order valence-electron chi connectivity index (χ0n) is 37.8. The molecule has 8 aromatic rings. The normalized spacial score (nSPS) is 10.8. The number of hydrogen-bond donors (Lipinski definition) is 1. The summed E-state index contributed by atoms with van der Waals surface area (Å²) in [5.74, 6) is 1.18. The fourth-order valence-corrected chi connectivity index (χ4v) is 9.85. The van der Waals surface area contributed by atoms with Gasteiger partial charge in [-0.25, -0.2) is 0 Å². The molecule has 0 saturated carbocycles. The number of Topliss-reactive ketones (excluding diaryl/α,β-unsaturated/α-hetero) is 3. The van der Waals surface area contributed by atoms with E-state index in [9.17, 15) is 19.5 Å². The predicted molar refractivity (Wildman–Crippen MR) is 262 cm³/mol. The van der Waals surface area contributed by atoms with Crippen LogP contribution in [0.1, 0.15) is 71.4 Å². The highest BCUT2D eigenvalue weighted by Crippen LogP contribution is 2.49. The monoisotopic (exact) mass is 1080 g/mol. The molecule has 19 heteroatoms. The number of rotatable bonds is 17. The van der Waals surface area contributed by atoms with Crippen molar-refractivity contribution in [3.63, 3.8) is 0 Å². The molecular formula is C48H46Br2O15S2. The lowest BCUT2D eigenvalue weighted by molar-refractivity contribution is 0.0996. The van der Waals surface area contributed by atoms with Gasteiger partial charge in [0.1, 0.15) is 47.2 Å². The quantitative estimate of drug-likeness (QED) is 0.0670. The lowest BCUT2D eigenvalue weighted by Crippen LogP contribution is -2.06. The summed E-state index contributed by atoms with van der Waals surface area (Å²) in [6, 6.07) is 13.2. The first kappa shape index (κ1) is 50.3. The predicted octanol–water partition coefficient (Wildman–Crippen LogP) is 12.7. The second kappa shape index (κ2) is 22.6. The first-order valence-corrected chi connectivity index (χ1v) is 23.9. The molecule has 8 rings (SSSR count). The number of phenols is 1. The van der Waals surface area contributed by atoms with Crippen LogP contribution in [-0.2, 0) is 23.9 Å². The first-order chi connectivity index (χ1) is 32.3. The van der Waals surface area contributed by atoms with Crippen molar-refractivity contribution in [3.05, 3.63) is 97.5 Å². The van der Waals surface area contributed by atoms with E-state index in [0.29, 0.717) is 61.7 Å². The fraction of sp³-hybridized carbons (Fsp3) is 0.271. The van der Waals surface area contributed by atoms with Crippen molar-refractivity contribution in [3.8, 4) is 51.7 Å². The van der Waals surface area contributed by atoms with Crippen molar-refractivity contribution in [1.82, 2.24) is 0 Å². The van der Waals surface area contributed by atoms with Gasteiger partial charge in [-0.1, -0.05) is 31.9 Å². The Morgan fingerprint density at radius 3 is 1.09 bits per heavy atom. The molecule has 0 atom stereocenters. The minimum Gasteiger partial charge on any atom is -0.504 e. The molecule has 5 heterocycles. The van der Waals surface area contributed by atoms with Crippen LogP contribution in [0.4, 0.5) is 0 Å². The molecule has 0 unspecified atom stereocenters. The summed E-state index contributed by atoms with van der Waals surface area (Å²) in [4.78, 5) is 41.3. The number of hydrogen-bond acceptors (Lipinski definition) is 17. The van der Waals surface area contributed by atoms with Gasteiger partial charge in [-0.15, -0.1) is 22.7 Å². The number of ether oxygens (including phenoxy) is 8. The fourth-order valence-electron chi connectivity index (χ4n) is 7.23. The first-order valence-electron chi connectivity index (χ1n) is 20.0. The number of phenolic OH excluding ortho intramolecular Hbond substituents is 1. The highest BCUT2D eigenvalue weighted by molar-refractivity contribution is 9.09. The van der Waals surface area contributed by atoms with Crippen LogP contribution in [0.2, 0.25) is 0 Å². The van der Waals surface area contributed by atoms with Crippen molar-refractivity contribution in [2.45, 2.75) is 44.6 Å². The highest BCUT2D eigenvalue weighted by Gasteiger charge is 2.30. The van der Waals surface area contributed by atoms with Crippen molar-refractivity contribution >= 4 is 105 Å². The van der Waals surface area contributed by atoms with Crippen molar-refractivity contribution in [2.24, 2.45) is 0 Å². The Balaban J connectivity index is 0.000000231. The van der Waals surface area contributed by atoms with Crippen LogP contribution in [0.25, 0.3) is 32.9 Å². The molecule has 354 valence electrons. The number of benzene rings is 3. The molecule has 1 N–H and O–H groups in total. The summed E-state index contributed by atoms with van der Waals surface area (Å²) in [7, 11) is 8.77. The molecule has 5 aromatic heterocycles. The maximum Gasteiger partial charge on any atom is 0.205 e. The second-order valence-electron chi connectivity index (χ2n) is 14.1. The van der Waals surface area contributed by atoms with Gasteiger partial charge in [0.05, 0.1) is 77.6 Å². The van der Waals surface area contributed by atoms with Gasteiger partial charge in [0, 0.05) is 30.2 Å². The third-order valence-electron chi connectivity index (χ3n) is 10.0. The lowest BCUT2D eigenvalue weighted by Gasteiger charge is -2.17. The topological polar surface area (TPSA) is 185 Å². The van der Waals surface area contributed by atoms with Gasteiger partial charge in [-0.3, -0.25) is 14.4 Å². The summed E-state index contributed by atoms with van der Waals surface area (Å²) < 4.78 is 61.2. The summed E-state index contributed by atoms with van der Waals surface area (Å²) in [5.41, 5.74) is 1.83. The smallest absolute Gasteiger partial charge is 0.205 e. The van der Waals surface area contributed by atoms with Crippen molar-refractivity contribution in [2.75, 3.05) is 42.7 Å². The summed E-state index contributed by atoms with van der Waals surface area (Å²) >= 11 is 10.1. The molecule has 67 heavy (non-hydrogen) atoms. The van der Waals surface area contributed by atoms with Gasteiger partial charge in [0.2, 0.25) is 17.2 Å². The van der Waals surface area contributed by atoms with Gasteiger partial charge < -0.3 is 56.3 Å². The minimum atomic E-state index is -0.305. The Morgan fingerprint density at radius 2 is 0.776 bits per heavy atom. The second-order valence-corrected chi connectivity index (χ2v) is 17.7. The molecule has 0 saturated heterocycles. The summed E-state index contributed by atoms with van der Waals surface area (Å²) in [6.07, 6.45) is 4.44. The molecule has 3 aromatic carbocycles. The van der Waals surface area contributed by atoms with Crippen LogP contribution >= 0.6 is 54.5 Å². The number of fused-ring (bicyclic) bond motifs is 3. The van der Waals surface area contributed by atoms with E-state index in [0.717, 1.165) is 20.4 Å². The van der Waals surface area contributed by atoms with Gasteiger partial charge in [-0.2, -0.15) is 0 Å². The number of halogens is 2. The number of carbonyl (C=O) groups excluding carboxylic acids is 3. The summed E-state index contributed by atoms with van der Waals surface area (Å²) in [5, 5.41) is 13.8. The summed E-state index contributed by atoms with van der Waals surface area (Å²) in [6.45, 7) is 4.52. The van der Waals surface area contributed by atoms with Crippen LogP contribution < -0.4 is 37.9 Å². The van der Waals surface area contributed by atoms with E-state index < -0.39 is 0 Å².